The Hall–Kier alpha value is -1.14. The SMILES string of the molecule is NC(=O)C(N)CN1CCNC(=O)CC1. The van der Waals surface area contributed by atoms with Gasteiger partial charge in [0.25, 0.3) is 0 Å². The number of carbonyl (C=O) groups excluding carboxylic acids is 2. The monoisotopic (exact) mass is 200 g/mol. The van der Waals surface area contributed by atoms with Crippen molar-refractivity contribution >= 4 is 11.8 Å². The van der Waals surface area contributed by atoms with Gasteiger partial charge >= 0.3 is 0 Å². The predicted molar refractivity (Wildman–Crippen MR) is 51.2 cm³/mol. The van der Waals surface area contributed by atoms with Gasteiger partial charge in [0.05, 0.1) is 6.04 Å². The summed E-state index contributed by atoms with van der Waals surface area (Å²) in [7, 11) is 0. The van der Waals surface area contributed by atoms with E-state index in [0.717, 1.165) is 0 Å². The number of rotatable bonds is 3. The van der Waals surface area contributed by atoms with Gasteiger partial charge in [-0.05, 0) is 0 Å². The van der Waals surface area contributed by atoms with Crippen molar-refractivity contribution in [3.63, 3.8) is 0 Å². The van der Waals surface area contributed by atoms with Crippen molar-refractivity contribution in [2.75, 3.05) is 26.2 Å². The molecule has 5 N–H and O–H groups in total. The minimum absolute atomic E-state index is 0.0418. The highest BCUT2D eigenvalue weighted by Crippen LogP contribution is 1.97. The molecule has 0 radical (unpaired) electrons. The molecule has 1 atom stereocenters. The number of nitrogens with zero attached hydrogens (tertiary/aromatic N) is 1. The van der Waals surface area contributed by atoms with E-state index in [4.69, 9.17) is 11.5 Å². The predicted octanol–water partition coefficient (Wildman–Crippen LogP) is -2.38. The number of nitrogens with one attached hydrogen (secondary N) is 1. The van der Waals surface area contributed by atoms with E-state index in [1.54, 1.807) is 0 Å². The lowest BCUT2D eigenvalue weighted by atomic mass is 10.2. The van der Waals surface area contributed by atoms with Crippen molar-refractivity contribution < 1.29 is 9.59 Å². The Morgan fingerprint density at radius 2 is 2.29 bits per heavy atom. The number of hydrogen-bond donors (Lipinski definition) is 3. The fourth-order valence-corrected chi connectivity index (χ4v) is 1.36. The van der Waals surface area contributed by atoms with E-state index in [2.05, 4.69) is 5.32 Å². The van der Waals surface area contributed by atoms with Crippen LogP contribution in [0.3, 0.4) is 0 Å². The fourth-order valence-electron chi connectivity index (χ4n) is 1.36. The van der Waals surface area contributed by atoms with Crippen LogP contribution >= 0.6 is 0 Å². The maximum Gasteiger partial charge on any atom is 0.235 e. The average molecular weight is 200 g/mol. The molecule has 0 aromatic carbocycles. The zero-order valence-electron chi connectivity index (χ0n) is 8.03. The number of nitrogens with two attached hydrogens (primary N) is 2. The average Bonchev–Trinajstić information content (AvgIpc) is 2.31. The van der Waals surface area contributed by atoms with Gasteiger partial charge in [0.15, 0.2) is 0 Å². The molecule has 1 aliphatic rings. The quantitative estimate of drug-likeness (QED) is 0.473. The summed E-state index contributed by atoms with van der Waals surface area (Å²) >= 11 is 0. The Morgan fingerprint density at radius 3 is 2.93 bits per heavy atom. The molecule has 0 bridgehead atoms. The number of primary amides is 1. The van der Waals surface area contributed by atoms with Crippen LogP contribution in [0, 0.1) is 0 Å². The summed E-state index contributed by atoms with van der Waals surface area (Å²) in [6.45, 7) is 2.37. The van der Waals surface area contributed by atoms with Crippen molar-refractivity contribution in [2.24, 2.45) is 11.5 Å². The first-order valence-corrected chi connectivity index (χ1v) is 4.63. The second-order valence-corrected chi connectivity index (χ2v) is 3.41. The molecule has 1 saturated heterocycles. The lowest BCUT2D eigenvalue weighted by Gasteiger charge is -2.21. The summed E-state index contributed by atoms with van der Waals surface area (Å²) in [5.41, 5.74) is 10.6. The molecule has 1 aliphatic heterocycles. The summed E-state index contributed by atoms with van der Waals surface area (Å²) in [5, 5.41) is 2.74. The van der Waals surface area contributed by atoms with Gasteiger partial charge in [-0.25, -0.2) is 0 Å². The minimum Gasteiger partial charge on any atom is -0.368 e. The van der Waals surface area contributed by atoms with Crippen LogP contribution in [0.15, 0.2) is 0 Å². The lowest BCUT2D eigenvalue weighted by Crippen LogP contribution is -2.46. The fraction of sp³-hybridized carbons (Fsp3) is 0.750. The van der Waals surface area contributed by atoms with Crippen molar-refractivity contribution in [2.45, 2.75) is 12.5 Å². The molecule has 1 fully saturated rings. The van der Waals surface area contributed by atoms with Crippen molar-refractivity contribution in [3.05, 3.63) is 0 Å². The van der Waals surface area contributed by atoms with Crippen molar-refractivity contribution in [1.29, 1.82) is 0 Å². The van der Waals surface area contributed by atoms with Gasteiger partial charge in [-0.2, -0.15) is 0 Å². The molecule has 14 heavy (non-hydrogen) atoms. The molecule has 0 spiro atoms. The second-order valence-electron chi connectivity index (χ2n) is 3.41. The molecule has 1 heterocycles. The van der Waals surface area contributed by atoms with Crippen LogP contribution < -0.4 is 16.8 Å². The third-order valence-electron chi connectivity index (χ3n) is 2.23. The van der Waals surface area contributed by atoms with Gasteiger partial charge in [0.1, 0.15) is 0 Å². The smallest absolute Gasteiger partial charge is 0.235 e. The van der Waals surface area contributed by atoms with Crippen LogP contribution in [0.2, 0.25) is 0 Å². The second kappa shape index (κ2) is 4.92. The highest BCUT2D eigenvalue weighted by molar-refractivity contribution is 5.79. The Bertz CT molecular complexity index is 231. The van der Waals surface area contributed by atoms with Gasteiger partial charge in [0.2, 0.25) is 11.8 Å². The van der Waals surface area contributed by atoms with Crippen molar-refractivity contribution in [1.82, 2.24) is 10.2 Å². The van der Waals surface area contributed by atoms with Crippen LogP contribution in [-0.4, -0.2) is 48.9 Å². The zero-order valence-corrected chi connectivity index (χ0v) is 8.03. The summed E-state index contributed by atoms with van der Waals surface area (Å²) in [4.78, 5) is 23.7. The maximum absolute atomic E-state index is 11.0. The van der Waals surface area contributed by atoms with Crippen LogP contribution in [0.1, 0.15) is 6.42 Å². The van der Waals surface area contributed by atoms with E-state index in [-0.39, 0.29) is 5.91 Å². The summed E-state index contributed by atoms with van der Waals surface area (Å²) in [6, 6.07) is -0.650. The lowest BCUT2D eigenvalue weighted by molar-refractivity contribution is -0.120. The molecule has 0 aromatic rings. The standard InChI is InChI=1S/C8H16N4O2/c9-6(8(10)14)5-12-3-1-7(13)11-2-4-12/h6H,1-5,9H2,(H2,10,14)(H,11,13). The molecule has 0 aliphatic carbocycles. The van der Waals surface area contributed by atoms with E-state index in [1.165, 1.54) is 0 Å². The van der Waals surface area contributed by atoms with E-state index in [9.17, 15) is 9.59 Å². The molecule has 80 valence electrons. The highest BCUT2D eigenvalue weighted by atomic mass is 16.2. The Balaban J connectivity index is 2.37. The van der Waals surface area contributed by atoms with Gasteiger partial charge < -0.3 is 16.8 Å². The zero-order chi connectivity index (χ0) is 10.6. The Morgan fingerprint density at radius 1 is 1.57 bits per heavy atom. The van der Waals surface area contributed by atoms with Crippen LogP contribution in [0.5, 0.6) is 0 Å². The first-order valence-electron chi connectivity index (χ1n) is 4.63. The van der Waals surface area contributed by atoms with E-state index in [1.807, 2.05) is 4.90 Å². The maximum atomic E-state index is 11.0. The van der Waals surface area contributed by atoms with Crippen LogP contribution in [0.4, 0.5) is 0 Å². The number of carbonyl (C=O) groups is 2. The number of amides is 2. The van der Waals surface area contributed by atoms with Crippen LogP contribution in [-0.2, 0) is 9.59 Å². The number of hydrogen-bond acceptors (Lipinski definition) is 4. The Labute approximate surface area is 82.6 Å². The summed E-state index contributed by atoms with van der Waals surface area (Å²) < 4.78 is 0. The largest absolute Gasteiger partial charge is 0.368 e. The molecule has 6 nitrogen and oxygen atoms in total. The third kappa shape index (κ3) is 3.31. The Kier molecular flexibility index (Phi) is 3.84. The van der Waals surface area contributed by atoms with Crippen LogP contribution in [0.25, 0.3) is 0 Å². The van der Waals surface area contributed by atoms with Gasteiger partial charge in [-0.1, -0.05) is 0 Å². The van der Waals surface area contributed by atoms with E-state index < -0.39 is 11.9 Å². The van der Waals surface area contributed by atoms with E-state index in [0.29, 0.717) is 32.6 Å². The molecule has 0 aromatic heterocycles. The van der Waals surface area contributed by atoms with Gasteiger partial charge in [-0.15, -0.1) is 0 Å². The topological polar surface area (TPSA) is 101 Å². The molecule has 2 amide bonds. The first kappa shape index (κ1) is 10.9. The third-order valence-corrected chi connectivity index (χ3v) is 2.23. The molecule has 6 heteroatoms. The minimum atomic E-state index is -0.650. The van der Waals surface area contributed by atoms with Crippen molar-refractivity contribution in [3.8, 4) is 0 Å². The normalized spacial score (nSPS) is 21.1. The molecule has 1 unspecified atom stereocenters. The first-order chi connectivity index (χ1) is 6.59. The summed E-state index contributed by atoms with van der Waals surface area (Å²) in [5.74, 6) is -0.464. The van der Waals surface area contributed by atoms with Gasteiger partial charge in [0, 0.05) is 32.6 Å². The molecule has 1 rings (SSSR count). The summed E-state index contributed by atoms with van der Waals surface area (Å²) in [6.07, 6.45) is 0.450. The molecular formula is C8H16N4O2. The highest BCUT2D eigenvalue weighted by Gasteiger charge is 2.18. The molecular weight excluding hydrogens is 184 g/mol. The molecule has 0 saturated carbocycles. The van der Waals surface area contributed by atoms with Gasteiger partial charge in [-0.3, -0.25) is 14.5 Å². The van der Waals surface area contributed by atoms with E-state index >= 15 is 0 Å².